The number of carbonyl (C=O) groups excluding carboxylic acids is 1. The average Bonchev–Trinajstić information content (AvgIpc) is 3.38. The first kappa shape index (κ1) is 17.9. The molecule has 1 aliphatic rings. The molecule has 25 heavy (non-hydrogen) atoms. The van der Waals surface area contributed by atoms with E-state index in [4.69, 9.17) is 4.74 Å². The normalized spacial score (nSPS) is 15.0. The minimum atomic E-state index is 0.247. The number of nitrogens with zero attached hydrogens (tertiary/aromatic N) is 2. The molecule has 3 rings (SSSR count). The molecule has 5 heteroatoms. The van der Waals surface area contributed by atoms with Crippen molar-refractivity contribution in [2.75, 3.05) is 0 Å². The van der Waals surface area contributed by atoms with Crippen molar-refractivity contribution < 1.29 is 9.53 Å². The van der Waals surface area contributed by atoms with Crippen LogP contribution in [0.3, 0.4) is 0 Å². The summed E-state index contributed by atoms with van der Waals surface area (Å²) in [6.07, 6.45) is 3.04. The molecule has 0 radical (unpaired) electrons. The summed E-state index contributed by atoms with van der Waals surface area (Å²) in [7, 11) is 0. The molecule has 1 aromatic carbocycles. The maximum Gasteiger partial charge on any atom is 0.226 e. The van der Waals surface area contributed by atoms with Gasteiger partial charge in [-0.15, -0.1) is 11.3 Å². The van der Waals surface area contributed by atoms with Crippen molar-refractivity contribution in [2.45, 2.75) is 59.2 Å². The maximum absolute atomic E-state index is 12.5. The van der Waals surface area contributed by atoms with Crippen LogP contribution < -0.4 is 4.74 Å². The van der Waals surface area contributed by atoms with Crippen molar-refractivity contribution in [3.8, 4) is 5.75 Å². The highest BCUT2D eigenvalue weighted by atomic mass is 32.1. The number of rotatable bonds is 8. The van der Waals surface area contributed by atoms with Crippen LogP contribution >= 0.6 is 11.3 Å². The van der Waals surface area contributed by atoms with Crippen molar-refractivity contribution in [1.29, 1.82) is 0 Å². The molecule has 1 amide bonds. The van der Waals surface area contributed by atoms with Crippen molar-refractivity contribution >= 4 is 17.2 Å². The molecule has 1 aliphatic carbocycles. The summed E-state index contributed by atoms with van der Waals surface area (Å²) in [4.78, 5) is 19.2. The largest absolute Gasteiger partial charge is 0.486 e. The number of hydrogen-bond acceptors (Lipinski definition) is 4. The summed E-state index contributed by atoms with van der Waals surface area (Å²) in [6, 6.07) is 8.28. The quantitative estimate of drug-likeness (QED) is 0.694. The fraction of sp³-hybridized carbons (Fsp3) is 0.500. The van der Waals surface area contributed by atoms with Gasteiger partial charge < -0.3 is 9.64 Å². The summed E-state index contributed by atoms with van der Waals surface area (Å²) < 4.78 is 5.80. The van der Waals surface area contributed by atoms with E-state index in [1.165, 1.54) is 5.56 Å². The van der Waals surface area contributed by atoms with E-state index >= 15 is 0 Å². The van der Waals surface area contributed by atoms with Crippen molar-refractivity contribution in [3.05, 3.63) is 45.9 Å². The van der Waals surface area contributed by atoms with Crippen LogP contribution in [0.15, 0.2) is 29.6 Å². The first-order valence-corrected chi connectivity index (χ1v) is 9.88. The lowest BCUT2D eigenvalue weighted by atomic mass is 10.2. The van der Waals surface area contributed by atoms with Crippen LogP contribution in [0.25, 0.3) is 0 Å². The van der Waals surface area contributed by atoms with Crippen molar-refractivity contribution in [1.82, 2.24) is 9.88 Å². The second-order valence-electron chi connectivity index (χ2n) is 6.83. The monoisotopic (exact) mass is 358 g/mol. The molecule has 0 unspecified atom stereocenters. The SMILES string of the molecule is CC[C@H](C)N(Cc1csc(COc2ccc(C)cc2)n1)C(=O)C1CC1. The van der Waals surface area contributed by atoms with Crippen LogP contribution in [0.5, 0.6) is 5.75 Å². The lowest BCUT2D eigenvalue weighted by Crippen LogP contribution is -2.38. The zero-order valence-corrected chi connectivity index (χ0v) is 16.0. The Morgan fingerprint density at radius 3 is 2.72 bits per heavy atom. The third kappa shape index (κ3) is 4.82. The van der Waals surface area contributed by atoms with Gasteiger partial charge in [-0.3, -0.25) is 4.79 Å². The summed E-state index contributed by atoms with van der Waals surface area (Å²) in [6.45, 7) is 7.37. The molecule has 0 spiro atoms. The lowest BCUT2D eigenvalue weighted by molar-refractivity contribution is -0.135. The van der Waals surface area contributed by atoms with Gasteiger partial charge in [-0.2, -0.15) is 0 Å². The van der Waals surface area contributed by atoms with E-state index in [0.29, 0.717) is 19.1 Å². The van der Waals surface area contributed by atoms with Gasteiger partial charge in [-0.25, -0.2) is 4.98 Å². The second-order valence-corrected chi connectivity index (χ2v) is 7.77. The first-order chi connectivity index (χ1) is 12.1. The molecule has 0 aliphatic heterocycles. The Morgan fingerprint density at radius 1 is 1.36 bits per heavy atom. The van der Waals surface area contributed by atoms with Crippen LogP contribution in [0, 0.1) is 12.8 Å². The number of aromatic nitrogens is 1. The van der Waals surface area contributed by atoms with Gasteiger partial charge in [-0.1, -0.05) is 24.6 Å². The fourth-order valence-electron chi connectivity index (χ4n) is 2.68. The number of amides is 1. The van der Waals surface area contributed by atoms with E-state index in [1.54, 1.807) is 11.3 Å². The van der Waals surface area contributed by atoms with Crippen LogP contribution in [0.2, 0.25) is 0 Å². The summed E-state index contributed by atoms with van der Waals surface area (Å²) in [5.74, 6) is 1.39. The van der Waals surface area contributed by atoms with Gasteiger partial charge in [0.25, 0.3) is 0 Å². The summed E-state index contributed by atoms with van der Waals surface area (Å²) >= 11 is 1.59. The van der Waals surface area contributed by atoms with Crippen LogP contribution in [-0.4, -0.2) is 21.8 Å². The van der Waals surface area contributed by atoms with E-state index in [0.717, 1.165) is 35.7 Å². The van der Waals surface area contributed by atoms with Gasteiger partial charge in [0.2, 0.25) is 5.91 Å². The number of aryl methyl sites for hydroxylation is 1. The average molecular weight is 359 g/mol. The number of benzene rings is 1. The van der Waals surface area contributed by atoms with E-state index in [2.05, 4.69) is 25.8 Å². The third-order valence-corrected chi connectivity index (χ3v) is 5.52. The van der Waals surface area contributed by atoms with E-state index in [1.807, 2.05) is 34.5 Å². The van der Waals surface area contributed by atoms with Crippen LogP contribution in [-0.2, 0) is 17.9 Å². The molecule has 1 atom stereocenters. The Morgan fingerprint density at radius 2 is 2.08 bits per heavy atom. The molecule has 1 aromatic heterocycles. The van der Waals surface area contributed by atoms with Crippen LogP contribution in [0.4, 0.5) is 0 Å². The predicted molar refractivity (Wildman–Crippen MR) is 101 cm³/mol. The highest BCUT2D eigenvalue weighted by Gasteiger charge is 2.35. The summed E-state index contributed by atoms with van der Waals surface area (Å²) in [5.41, 5.74) is 2.18. The molecule has 0 saturated heterocycles. The van der Waals surface area contributed by atoms with Crippen molar-refractivity contribution in [3.63, 3.8) is 0 Å². The van der Waals surface area contributed by atoms with Gasteiger partial charge in [0, 0.05) is 17.3 Å². The second kappa shape index (κ2) is 8.00. The number of ether oxygens (including phenoxy) is 1. The zero-order chi connectivity index (χ0) is 17.8. The molecule has 1 fully saturated rings. The Bertz CT molecular complexity index is 707. The molecule has 0 N–H and O–H groups in total. The van der Waals surface area contributed by atoms with Gasteiger partial charge in [0.05, 0.1) is 12.2 Å². The molecular formula is C20H26N2O2S. The highest BCUT2D eigenvalue weighted by Crippen LogP contribution is 2.32. The first-order valence-electron chi connectivity index (χ1n) is 9.00. The Hall–Kier alpha value is -1.88. The fourth-order valence-corrected chi connectivity index (χ4v) is 3.37. The molecule has 4 nitrogen and oxygen atoms in total. The Labute approximate surface area is 153 Å². The molecule has 1 saturated carbocycles. The zero-order valence-electron chi connectivity index (χ0n) is 15.2. The molecule has 134 valence electrons. The van der Waals surface area contributed by atoms with Gasteiger partial charge >= 0.3 is 0 Å². The Kier molecular flexibility index (Phi) is 5.74. The highest BCUT2D eigenvalue weighted by molar-refractivity contribution is 7.09. The Balaban J connectivity index is 1.59. The lowest BCUT2D eigenvalue weighted by Gasteiger charge is -2.28. The smallest absolute Gasteiger partial charge is 0.226 e. The number of thiazole rings is 1. The van der Waals surface area contributed by atoms with E-state index in [-0.39, 0.29) is 12.0 Å². The number of hydrogen-bond donors (Lipinski definition) is 0. The van der Waals surface area contributed by atoms with Crippen LogP contribution in [0.1, 0.15) is 49.4 Å². The molecule has 2 aromatic rings. The summed E-state index contributed by atoms with van der Waals surface area (Å²) in [5, 5.41) is 2.99. The molecular weight excluding hydrogens is 332 g/mol. The topological polar surface area (TPSA) is 42.4 Å². The predicted octanol–water partition coefficient (Wildman–Crippen LogP) is 4.57. The van der Waals surface area contributed by atoms with Gasteiger partial charge in [0.1, 0.15) is 17.4 Å². The molecule has 0 bridgehead atoms. The van der Waals surface area contributed by atoms with E-state index < -0.39 is 0 Å². The van der Waals surface area contributed by atoms with E-state index in [9.17, 15) is 4.79 Å². The minimum absolute atomic E-state index is 0.247. The third-order valence-electron chi connectivity index (χ3n) is 4.65. The maximum atomic E-state index is 12.5. The number of carbonyl (C=O) groups is 1. The minimum Gasteiger partial charge on any atom is -0.486 e. The standard InChI is InChI=1S/C20H26N2O2S/c1-4-15(3)22(20(23)16-7-8-16)11-17-13-25-19(21-17)12-24-18-9-5-14(2)6-10-18/h5-6,9-10,13,15-16H,4,7-8,11-12H2,1-3H3/t15-/m0/s1. The van der Waals surface area contributed by atoms with Gasteiger partial charge in [0.15, 0.2) is 0 Å². The molecule has 1 heterocycles. The van der Waals surface area contributed by atoms with Crippen molar-refractivity contribution in [2.24, 2.45) is 5.92 Å². The van der Waals surface area contributed by atoms with Gasteiger partial charge in [-0.05, 0) is 45.2 Å².